The number of ether oxygens (including phenoxy) is 2. The second kappa shape index (κ2) is 10.7. The van der Waals surface area contributed by atoms with E-state index in [-0.39, 0.29) is 10.9 Å². The Balaban J connectivity index is 1.41. The summed E-state index contributed by atoms with van der Waals surface area (Å²) in [4.78, 5) is 24.2. The summed E-state index contributed by atoms with van der Waals surface area (Å²) in [6.45, 7) is 0.795. The molecule has 6 nitrogen and oxygen atoms in total. The van der Waals surface area contributed by atoms with Gasteiger partial charge in [0.1, 0.15) is 17.2 Å². The summed E-state index contributed by atoms with van der Waals surface area (Å²) in [5, 5.41) is 10.4. The highest BCUT2D eigenvalue weighted by molar-refractivity contribution is 9.07. The van der Waals surface area contributed by atoms with E-state index in [1.165, 1.54) is 3.93 Å². The monoisotopic (exact) mass is 563 g/mol. The molecule has 0 saturated heterocycles. The van der Waals surface area contributed by atoms with Crippen LogP contribution >= 0.6 is 39.3 Å². The Morgan fingerprint density at radius 3 is 2.47 bits per heavy atom. The zero-order valence-electron chi connectivity index (χ0n) is 17.8. The average Bonchev–Trinajstić information content (AvgIpc) is 2.83. The van der Waals surface area contributed by atoms with Crippen LogP contribution in [-0.4, -0.2) is 34.1 Å². The molecule has 0 aliphatic carbocycles. The molecular weight excluding hydrogens is 545 g/mol. The summed E-state index contributed by atoms with van der Waals surface area (Å²) in [7, 11) is 0. The van der Waals surface area contributed by atoms with Crippen LogP contribution < -0.4 is 9.47 Å². The van der Waals surface area contributed by atoms with Gasteiger partial charge in [0.25, 0.3) is 5.91 Å². The highest BCUT2D eigenvalue weighted by Crippen LogP contribution is 2.41. The zero-order valence-corrected chi connectivity index (χ0v) is 20.9. The molecule has 0 spiro atoms. The van der Waals surface area contributed by atoms with E-state index in [2.05, 4.69) is 16.1 Å². The van der Waals surface area contributed by atoms with Crippen LogP contribution in [0.1, 0.15) is 33.8 Å². The van der Waals surface area contributed by atoms with Crippen molar-refractivity contribution in [3.05, 3.63) is 87.4 Å². The van der Waals surface area contributed by atoms with Gasteiger partial charge < -0.3 is 14.6 Å². The lowest BCUT2D eigenvalue weighted by Crippen LogP contribution is -2.23. The van der Waals surface area contributed by atoms with Crippen LogP contribution in [0.25, 0.3) is 0 Å². The molecule has 1 heterocycles. The standard InChI is InChI=1S/C25H20BrCl2NO5/c26-29(11-9-15-1-5-17(27)6-2-15)24(30)16-3-7-18(8-4-16)34-23-14-22-20(13-21(23)28)19(25(31)32)10-12-33-22/h1-8,13-14,19H,9-12H2,(H,31,32). The summed E-state index contributed by atoms with van der Waals surface area (Å²) in [5.41, 5.74) is 2.10. The smallest absolute Gasteiger partial charge is 0.311 e. The summed E-state index contributed by atoms with van der Waals surface area (Å²) in [6, 6.07) is 17.3. The average molecular weight is 565 g/mol. The van der Waals surface area contributed by atoms with Crippen LogP contribution in [0.3, 0.4) is 0 Å². The van der Waals surface area contributed by atoms with Crippen molar-refractivity contribution < 1.29 is 24.2 Å². The molecule has 1 aliphatic heterocycles. The van der Waals surface area contributed by atoms with Crippen molar-refractivity contribution in [3.63, 3.8) is 0 Å². The van der Waals surface area contributed by atoms with Gasteiger partial charge in [0, 0.05) is 28.8 Å². The molecular formula is C25H20BrCl2NO5. The number of aliphatic carboxylic acids is 1. The summed E-state index contributed by atoms with van der Waals surface area (Å²) in [6.07, 6.45) is 1.07. The molecule has 1 unspecified atom stereocenters. The van der Waals surface area contributed by atoms with E-state index in [1.807, 2.05) is 24.3 Å². The van der Waals surface area contributed by atoms with Crippen molar-refractivity contribution >= 4 is 51.2 Å². The predicted molar refractivity (Wildman–Crippen MR) is 134 cm³/mol. The topological polar surface area (TPSA) is 76.1 Å². The lowest BCUT2D eigenvalue weighted by atomic mass is 9.93. The Morgan fingerprint density at radius 1 is 1.09 bits per heavy atom. The Kier molecular flexibility index (Phi) is 7.66. The van der Waals surface area contributed by atoms with E-state index in [1.54, 1.807) is 36.4 Å². The molecule has 1 aliphatic rings. The number of fused-ring (bicyclic) bond motifs is 1. The molecule has 0 bridgehead atoms. The highest BCUT2D eigenvalue weighted by Gasteiger charge is 2.29. The van der Waals surface area contributed by atoms with E-state index in [0.29, 0.717) is 59.4 Å². The molecule has 1 amide bonds. The number of carbonyl (C=O) groups excluding carboxylic acids is 1. The molecule has 3 aromatic rings. The first-order valence-corrected chi connectivity index (χ1v) is 12.0. The molecule has 0 saturated carbocycles. The first kappa shape index (κ1) is 24.4. The van der Waals surface area contributed by atoms with Gasteiger partial charge in [-0.05, 0) is 60.9 Å². The van der Waals surface area contributed by atoms with Crippen molar-refractivity contribution in [1.29, 1.82) is 0 Å². The lowest BCUT2D eigenvalue weighted by molar-refractivity contribution is -0.139. The first-order chi connectivity index (χ1) is 16.3. The Hall–Kier alpha value is -2.74. The van der Waals surface area contributed by atoms with Crippen LogP contribution in [-0.2, 0) is 11.2 Å². The molecule has 9 heteroatoms. The molecule has 0 aromatic heterocycles. The molecule has 1 atom stereocenters. The SMILES string of the molecule is O=C(O)C1CCOc2cc(Oc3ccc(C(=O)N(Br)CCc4ccc(Cl)cc4)cc3)c(Cl)cc21. The maximum absolute atomic E-state index is 12.7. The number of hydrogen-bond donors (Lipinski definition) is 1. The number of halogens is 3. The number of rotatable bonds is 7. The van der Waals surface area contributed by atoms with Crippen LogP contribution in [0.4, 0.5) is 0 Å². The van der Waals surface area contributed by atoms with Crippen LogP contribution in [0, 0.1) is 0 Å². The van der Waals surface area contributed by atoms with Gasteiger partial charge in [-0.1, -0.05) is 35.3 Å². The van der Waals surface area contributed by atoms with E-state index in [0.717, 1.165) is 5.56 Å². The fourth-order valence-corrected chi connectivity index (χ4v) is 4.36. The molecule has 34 heavy (non-hydrogen) atoms. The van der Waals surface area contributed by atoms with Crippen molar-refractivity contribution in [2.24, 2.45) is 0 Å². The van der Waals surface area contributed by atoms with Gasteiger partial charge in [0.2, 0.25) is 0 Å². The first-order valence-electron chi connectivity index (χ1n) is 10.5. The minimum Gasteiger partial charge on any atom is -0.493 e. The molecule has 1 N–H and O–H groups in total. The van der Waals surface area contributed by atoms with Gasteiger partial charge in [0.05, 0.1) is 33.7 Å². The fourth-order valence-electron chi connectivity index (χ4n) is 3.64. The molecule has 3 aromatic carbocycles. The number of amides is 1. The summed E-state index contributed by atoms with van der Waals surface area (Å²) < 4.78 is 13.0. The van der Waals surface area contributed by atoms with Gasteiger partial charge in [-0.25, -0.2) is 0 Å². The largest absolute Gasteiger partial charge is 0.493 e. The Morgan fingerprint density at radius 2 is 1.79 bits per heavy atom. The Labute approximate surface area is 215 Å². The third-order valence-corrected chi connectivity index (χ3v) is 6.69. The van der Waals surface area contributed by atoms with Crippen molar-refractivity contribution in [1.82, 2.24) is 3.93 Å². The summed E-state index contributed by atoms with van der Waals surface area (Å²) >= 11 is 15.6. The van der Waals surface area contributed by atoms with Gasteiger partial charge in [-0.2, -0.15) is 0 Å². The van der Waals surface area contributed by atoms with Crippen LogP contribution in [0.5, 0.6) is 17.2 Å². The van der Waals surface area contributed by atoms with E-state index < -0.39 is 11.9 Å². The van der Waals surface area contributed by atoms with Gasteiger partial charge in [0.15, 0.2) is 0 Å². The number of benzene rings is 3. The number of carboxylic acid groups (broad SMARTS) is 1. The maximum Gasteiger partial charge on any atom is 0.311 e. The second-order valence-electron chi connectivity index (χ2n) is 7.74. The number of carboxylic acids is 1. The van der Waals surface area contributed by atoms with Crippen LogP contribution in [0.15, 0.2) is 60.7 Å². The number of nitrogens with zero attached hydrogens (tertiary/aromatic N) is 1. The third kappa shape index (κ3) is 5.66. The van der Waals surface area contributed by atoms with Gasteiger partial charge in [-0.3, -0.25) is 13.5 Å². The minimum atomic E-state index is -0.913. The quantitative estimate of drug-likeness (QED) is 0.322. The third-order valence-electron chi connectivity index (χ3n) is 5.46. The zero-order chi connectivity index (χ0) is 24.2. The Bertz CT molecular complexity index is 1200. The second-order valence-corrected chi connectivity index (χ2v) is 9.44. The van der Waals surface area contributed by atoms with E-state index in [9.17, 15) is 14.7 Å². The van der Waals surface area contributed by atoms with Crippen LogP contribution in [0.2, 0.25) is 10.0 Å². The molecule has 0 fully saturated rings. The highest BCUT2D eigenvalue weighted by atomic mass is 79.9. The number of hydrogen-bond acceptors (Lipinski definition) is 4. The van der Waals surface area contributed by atoms with Gasteiger partial charge in [-0.15, -0.1) is 0 Å². The predicted octanol–water partition coefficient (Wildman–Crippen LogP) is 6.73. The minimum absolute atomic E-state index is 0.180. The molecule has 0 radical (unpaired) electrons. The van der Waals surface area contributed by atoms with Crippen molar-refractivity contribution in [2.75, 3.05) is 13.2 Å². The molecule has 176 valence electrons. The van der Waals surface area contributed by atoms with E-state index in [4.69, 9.17) is 32.7 Å². The number of carbonyl (C=O) groups is 2. The maximum atomic E-state index is 12.7. The normalized spacial score (nSPS) is 14.6. The summed E-state index contributed by atoms with van der Waals surface area (Å²) in [5.74, 6) is -0.487. The van der Waals surface area contributed by atoms with Crippen molar-refractivity contribution in [3.8, 4) is 17.2 Å². The van der Waals surface area contributed by atoms with Gasteiger partial charge >= 0.3 is 5.97 Å². The molecule has 4 rings (SSSR count). The van der Waals surface area contributed by atoms with E-state index >= 15 is 0 Å². The lowest BCUT2D eigenvalue weighted by Gasteiger charge is -2.24. The van der Waals surface area contributed by atoms with Crippen molar-refractivity contribution in [2.45, 2.75) is 18.8 Å². The fraction of sp³-hybridized carbons (Fsp3) is 0.200.